The zero-order valence-corrected chi connectivity index (χ0v) is 7.09. The molecule has 2 heteroatoms. The zero-order chi connectivity index (χ0) is 8.36. The molecule has 0 rings (SSSR count). The normalized spacial score (nSPS) is 15.4. The second-order valence-corrected chi connectivity index (χ2v) is 3.63. The number of aldehydes is 1. The number of hydrogen-bond donors (Lipinski definition) is 1. The Balaban J connectivity index is 4.17. The first kappa shape index (κ1) is 9.63. The predicted molar refractivity (Wildman–Crippen MR) is 40.7 cm³/mol. The van der Waals surface area contributed by atoms with Crippen LogP contribution in [-0.4, -0.2) is 17.5 Å². The summed E-state index contributed by atoms with van der Waals surface area (Å²) in [6.45, 7) is 7.28. The van der Waals surface area contributed by atoms with E-state index in [0.29, 0.717) is 0 Å². The lowest BCUT2D eigenvalue weighted by Gasteiger charge is -2.27. The van der Waals surface area contributed by atoms with Crippen LogP contribution in [0.4, 0.5) is 0 Å². The van der Waals surface area contributed by atoms with Gasteiger partial charge in [-0.2, -0.15) is 0 Å². The van der Waals surface area contributed by atoms with Crippen LogP contribution >= 0.6 is 0 Å². The van der Waals surface area contributed by atoms with Crippen LogP contribution in [0.5, 0.6) is 0 Å². The first-order valence-electron chi connectivity index (χ1n) is 3.56. The van der Waals surface area contributed by atoms with Crippen molar-refractivity contribution in [2.75, 3.05) is 0 Å². The van der Waals surface area contributed by atoms with Crippen molar-refractivity contribution in [2.45, 2.75) is 33.8 Å². The molecule has 1 unspecified atom stereocenters. The first-order valence-corrected chi connectivity index (χ1v) is 3.56. The molecular weight excluding hydrogens is 128 g/mol. The molecule has 0 fully saturated rings. The smallest absolute Gasteiger partial charge is 0.128 e. The Morgan fingerprint density at radius 1 is 1.40 bits per heavy atom. The van der Waals surface area contributed by atoms with E-state index in [0.717, 1.165) is 6.29 Å². The second kappa shape index (κ2) is 3.15. The molecule has 0 spiro atoms. The van der Waals surface area contributed by atoms with Gasteiger partial charge in [0, 0.05) is 5.41 Å². The number of carbonyl (C=O) groups excluding carboxylic acids is 1. The quantitative estimate of drug-likeness (QED) is 0.605. The highest BCUT2D eigenvalue weighted by molar-refractivity contribution is 5.58. The lowest BCUT2D eigenvalue weighted by atomic mass is 9.82. The van der Waals surface area contributed by atoms with E-state index in [9.17, 15) is 9.90 Å². The molecule has 0 aliphatic heterocycles. The Morgan fingerprint density at radius 2 is 1.80 bits per heavy atom. The van der Waals surface area contributed by atoms with Crippen molar-refractivity contribution in [2.24, 2.45) is 11.3 Å². The van der Waals surface area contributed by atoms with Crippen LogP contribution in [0.15, 0.2) is 0 Å². The molecule has 0 saturated heterocycles. The average Bonchev–Trinajstić information content (AvgIpc) is 1.86. The van der Waals surface area contributed by atoms with Crippen molar-refractivity contribution in [1.82, 2.24) is 0 Å². The molecule has 0 aromatic carbocycles. The third-order valence-corrected chi connectivity index (χ3v) is 1.70. The third kappa shape index (κ3) is 2.10. The molecule has 0 radical (unpaired) electrons. The van der Waals surface area contributed by atoms with Gasteiger partial charge in [-0.25, -0.2) is 0 Å². The predicted octanol–water partition coefficient (Wildman–Crippen LogP) is 1.23. The van der Waals surface area contributed by atoms with Crippen molar-refractivity contribution in [3.63, 3.8) is 0 Å². The molecule has 0 bridgehead atoms. The second-order valence-electron chi connectivity index (χ2n) is 3.63. The van der Waals surface area contributed by atoms with E-state index in [2.05, 4.69) is 0 Å². The molecule has 0 aliphatic carbocycles. The largest absolute Gasteiger partial charge is 0.392 e. The van der Waals surface area contributed by atoms with Gasteiger partial charge < -0.3 is 9.90 Å². The zero-order valence-electron chi connectivity index (χ0n) is 7.09. The Hall–Kier alpha value is -0.370. The summed E-state index contributed by atoms with van der Waals surface area (Å²) in [6, 6.07) is 0. The summed E-state index contributed by atoms with van der Waals surface area (Å²) in [5, 5.41) is 9.42. The Morgan fingerprint density at radius 3 is 1.90 bits per heavy atom. The topological polar surface area (TPSA) is 37.3 Å². The molecular formula is C8H16O2. The molecule has 0 heterocycles. The molecule has 10 heavy (non-hydrogen) atoms. The van der Waals surface area contributed by atoms with Gasteiger partial charge in [-0.15, -0.1) is 0 Å². The van der Waals surface area contributed by atoms with E-state index >= 15 is 0 Å². The molecule has 2 nitrogen and oxygen atoms in total. The van der Waals surface area contributed by atoms with Gasteiger partial charge in [0.2, 0.25) is 0 Å². The van der Waals surface area contributed by atoms with Gasteiger partial charge in [0.15, 0.2) is 0 Å². The van der Waals surface area contributed by atoms with Crippen molar-refractivity contribution < 1.29 is 9.90 Å². The van der Waals surface area contributed by atoms with Crippen LogP contribution < -0.4 is 0 Å². The number of aliphatic hydroxyl groups is 1. The summed E-state index contributed by atoms with van der Waals surface area (Å²) in [5.41, 5.74) is -0.603. The molecule has 60 valence electrons. The first-order chi connectivity index (χ1) is 4.41. The highest BCUT2D eigenvalue weighted by Gasteiger charge is 2.29. The number of hydrogen-bond acceptors (Lipinski definition) is 2. The summed E-state index contributed by atoms with van der Waals surface area (Å²) in [6.07, 6.45) is 0.266. The van der Waals surface area contributed by atoms with E-state index in [1.807, 2.05) is 13.8 Å². The maximum atomic E-state index is 10.4. The van der Waals surface area contributed by atoms with E-state index in [4.69, 9.17) is 0 Å². The standard InChI is InChI=1S/C8H16O2/c1-6(2)7(10)8(3,4)5-9/h5-7,10H,1-4H3. The van der Waals surface area contributed by atoms with Crippen LogP contribution in [0.2, 0.25) is 0 Å². The maximum absolute atomic E-state index is 10.4. The van der Waals surface area contributed by atoms with Crippen LogP contribution in [0.3, 0.4) is 0 Å². The van der Waals surface area contributed by atoms with Gasteiger partial charge >= 0.3 is 0 Å². The fourth-order valence-electron chi connectivity index (χ4n) is 0.929. The highest BCUT2D eigenvalue weighted by atomic mass is 16.3. The molecule has 0 aromatic rings. The maximum Gasteiger partial charge on any atom is 0.128 e. The summed E-state index contributed by atoms with van der Waals surface area (Å²) in [4.78, 5) is 10.4. The Kier molecular flexibility index (Phi) is 3.03. The SMILES string of the molecule is CC(C)C(O)C(C)(C)C=O. The van der Waals surface area contributed by atoms with Crippen LogP contribution in [0, 0.1) is 11.3 Å². The van der Waals surface area contributed by atoms with Crippen LogP contribution in [-0.2, 0) is 4.79 Å². The van der Waals surface area contributed by atoms with Gasteiger partial charge in [0.25, 0.3) is 0 Å². The molecule has 1 atom stereocenters. The summed E-state index contributed by atoms with van der Waals surface area (Å²) >= 11 is 0. The van der Waals surface area contributed by atoms with Crippen LogP contribution in [0.25, 0.3) is 0 Å². The third-order valence-electron chi connectivity index (χ3n) is 1.70. The minimum Gasteiger partial charge on any atom is -0.392 e. The highest BCUT2D eigenvalue weighted by Crippen LogP contribution is 2.22. The molecule has 1 N–H and O–H groups in total. The van der Waals surface area contributed by atoms with E-state index < -0.39 is 11.5 Å². The summed E-state index contributed by atoms with van der Waals surface area (Å²) in [5.74, 6) is 0.139. The monoisotopic (exact) mass is 144 g/mol. The minimum absolute atomic E-state index is 0.139. The van der Waals surface area contributed by atoms with Crippen molar-refractivity contribution in [1.29, 1.82) is 0 Å². The van der Waals surface area contributed by atoms with Gasteiger partial charge in [0.1, 0.15) is 6.29 Å². The number of carbonyl (C=O) groups is 1. The summed E-state index contributed by atoms with van der Waals surface area (Å²) in [7, 11) is 0. The van der Waals surface area contributed by atoms with Crippen LogP contribution in [0.1, 0.15) is 27.7 Å². The van der Waals surface area contributed by atoms with E-state index in [-0.39, 0.29) is 5.92 Å². The summed E-state index contributed by atoms with van der Waals surface area (Å²) < 4.78 is 0. The molecule has 0 amide bonds. The van der Waals surface area contributed by atoms with E-state index in [1.165, 1.54) is 0 Å². The van der Waals surface area contributed by atoms with Gasteiger partial charge in [0.05, 0.1) is 6.10 Å². The Labute approximate surface area is 62.2 Å². The van der Waals surface area contributed by atoms with Crippen molar-refractivity contribution in [3.05, 3.63) is 0 Å². The minimum atomic E-state index is -0.603. The van der Waals surface area contributed by atoms with Gasteiger partial charge in [-0.05, 0) is 5.92 Å². The fourth-order valence-corrected chi connectivity index (χ4v) is 0.929. The molecule has 0 saturated carbocycles. The van der Waals surface area contributed by atoms with Gasteiger partial charge in [-0.1, -0.05) is 27.7 Å². The van der Waals surface area contributed by atoms with Crippen molar-refractivity contribution >= 4 is 6.29 Å². The number of rotatable bonds is 3. The van der Waals surface area contributed by atoms with Gasteiger partial charge in [-0.3, -0.25) is 0 Å². The van der Waals surface area contributed by atoms with Crippen molar-refractivity contribution in [3.8, 4) is 0 Å². The lowest BCUT2D eigenvalue weighted by molar-refractivity contribution is -0.121. The Bertz CT molecular complexity index is 116. The van der Waals surface area contributed by atoms with E-state index in [1.54, 1.807) is 13.8 Å². The number of aliphatic hydroxyl groups excluding tert-OH is 1. The fraction of sp³-hybridized carbons (Fsp3) is 0.875. The lowest BCUT2D eigenvalue weighted by Crippen LogP contribution is -2.34. The molecule has 0 aromatic heterocycles. The molecule has 0 aliphatic rings. The average molecular weight is 144 g/mol.